The van der Waals surface area contributed by atoms with E-state index in [0.29, 0.717) is 0 Å². The summed E-state index contributed by atoms with van der Waals surface area (Å²) in [5, 5.41) is 4.20. The molecule has 5 nitrogen and oxygen atoms in total. The van der Waals surface area contributed by atoms with Crippen LogP contribution in [0.3, 0.4) is 0 Å². The van der Waals surface area contributed by atoms with Crippen molar-refractivity contribution in [3.05, 3.63) is 48.8 Å². The first-order valence-electron chi connectivity index (χ1n) is 6.50. The highest BCUT2D eigenvalue weighted by Crippen LogP contribution is 2.27. The molecule has 0 aliphatic carbocycles. The molecule has 1 aromatic heterocycles. The number of benzene rings is 2. The van der Waals surface area contributed by atoms with Crippen molar-refractivity contribution >= 4 is 47.2 Å². The van der Waals surface area contributed by atoms with E-state index in [1.165, 1.54) is 0 Å². The monoisotopic (exact) mass is 353 g/mol. The van der Waals surface area contributed by atoms with Gasteiger partial charge in [0.1, 0.15) is 23.6 Å². The summed E-state index contributed by atoms with van der Waals surface area (Å²) in [6, 6.07) is 13.4. The molecule has 0 bridgehead atoms. The molecule has 0 radical (unpaired) electrons. The van der Waals surface area contributed by atoms with E-state index in [4.69, 9.17) is 9.47 Å². The van der Waals surface area contributed by atoms with Gasteiger partial charge in [0, 0.05) is 11.1 Å². The van der Waals surface area contributed by atoms with Crippen LogP contribution in [0.5, 0.6) is 11.5 Å². The summed E-state index contributed by atoms with van der Waals surface area (Å²) in [4.78, 5) is 8.57. The van der Waals surface area contributed by atoms with E-state index >= 15 is 0 Å². The number of halogens is 2. The van der Waals surface area contributed by atoms with Crippen molar-refractivity contribution < 1.29 is 9.47 Å². The minimum Gasteiger partial charge on any atom is -0.497 e. The van der Waals surface area contributed by atoms with Crippen molar-refractivity contribution in [2.45, 2.75) is 0 Å². The van der Waals surface area contributed by atoms with E-state index in [1.807, 2.05) is 42.5 Å². The molecule has 0 saturated carbocycles. The fourth-order valence-corrected chi connectivity index (χ4v) is 2.07. The van der Waals surface area contributed by atoms with E-state index < -0.39 is 0 Å². The van der Waals surface area contributed by atoms with Crippen LogP contribution in [0.4, 0.5) is 11.5 Å². The lowest BCUT2D eigenvalue weighted by molar-refractivity contribution is 0.415. The molecule has 0 atom stereocenters. The Morgan fingerprint density at radius 3 is 2.13 bits per heavy atom. The van der Waals surface area contributed by atoms with Gasteiger partial charge in [-0.25, -0.2) is 9.97 Å². The molecule has 2 aromatic carbocycles. The van der Waals surface area contributed by atoms with E-state index in [-0.39, 0.29) is 24.8 Å². The van der Waals surface area contributed by atoms with Crippen LogP contribution in [0.1, 0.15) is 0 Å². The lowest BCUT2D eigenvalue weighted by Gasteiger charge is -2.10. The predicted octanol–water partition coefficient (Wildman–Crippen LogP) is 4.23. The normalized spacial score (nSPS) is 9.48. The van der Waals surface area contributed by atoms with E-state index in [1.54, 1.807) is 20.5 Å². The number of nitrogens with zero attached hydrogens (tertiary/aromatic N) is 2. The molecular formula is C16H17Cl2N3O2. The van der Waals surface area contributed by atoms with Crippen molar-refractivity contribution in [2.24, 2.45) is 0 Å². The molecule has 3 rings (SSSR count). The smallest absolute Gasteiger partial charge is 0.141 e. The fraction of sp³-hybridized carbons (Fsp3) is 0.125. The highest BCUT2D eigenvalue weighted by Gasteiger charge is 2.05. The minimum absolute atomic E-state index is 0. The van der Waals surface area contributed by atoms with Gasteiger partial charge in [0.05, 0.1) is 19.7 Å². The molecule has 0 saturated heterocycles. The summed E-state index contributed by atoms with van der Waals surface area (Å²) in [5.41, 5.74) is 1.79. The minimum atomic E-state index is 0. The van der Waals surface area contributed by atoms with Crippen LogP contribution in [-0.2, 0) is 0 Å². The molecule has 0 fully saturated rings. The quantitative estimate of drug-likeness (QED) is 0.760. The predicted molar refractivity (Wildman–Crippen MR) is 96.9 cm³/mol. The fourth-order valence-electron chi connectivity index (χ4n) is 2.07. The molecule has 122 valence electrons. The summed E-state index contributed by atoms with van der Waals surface area (Å²) >= 11 is 0. The third-order valence-electron chi connectivity index (χ3n) is 3.20. The van der Waals surface area contributed by atoms with Gasteiger partial charge in [-0.3, -0.25) is 0 Å². The maximum absolute atomic E-state index is 5.26. The molecule has 0 aliphatic heterocycles. The number of anilines is 2. The molecule has 0 spiro atoms. The first-order chi connectivity index (χ1) is 10.3. The van der Waals surface area contributed by atoms with Gasteiger partial charge in [-0.15, -0.1) is 24.8 Å². The van der Waals surface area contributed by atoms with Gasteiger partial charge in [-0.05, 0) is 42.5 Å². The number of hydrogen-bond donors (Lipinski definition) is 1. The number of ether oxygens (including phenoxy) is 2. The Labute approximate surface area is 146 Å². The van der Waals surface area contributed by atoms with Crippen molar-refractivity contribution in [3.63, 3.8) is 0 Å². The van der Waals surface area contributed by atoms with Gasteiger partial charge in [0.2, 0.25) is 0 Å². The summed E-state index contributed by atoms with van der Waals surface area (Å²) < 4.78 is 10.4. The molecule has 0 amide bonds. The lowest BCUT2D eigenvalue weighted by Crippen LogP contribution is -1.96. The summed E-state index contributed by atoms with van der Waals surface area (Å²) in [6.45, 7) is 0. The Morgan fingerprint density at radius 1 is 0.826 bits per heavy atom. The van der Waals surface area contributed by atoms with Crippen molar-refractivity contribution in [1.82, 2.24) is 9.97 Å². The summed E-state index contributed by atoms with van der Waals surface area (Å²) in [7, 11) is 3.29. The average Bonchev–Trinajstić information content (AvgIpc) is 2.55. The van der Waals surface area contributed by atoms with Gasteiger partial charge in [0.25, 0.3) is 0 Å². The van der Waals surface area contributed by atoms with Gasteiger partial charge < -0.3 is 14.8 Å². The first-order valence-corrected chi connectivity index (χ1v) is 6.50. The summed E-state index contributed by atoms with van der Waals surface area (Å²) in [6.07, 6.45) is 1.54. The number of nitrogens with one attached hydrogen (secondary N) is 1. The van der Waals surface area contributed by atoms with Crippen LogP contribution >= 0.6 is 24.8 Å². The standard InChI is InChI=1S/C16H15N3O2.2ClH/c1-20-12-5-3-11(4-6-12)19-16-14-9-13(21-2)7-8-15(14)17-10-18-16;;/h3-10H,1-2H3,(H,17,18,19);2*1H. The van der Waals surface area contributed by atoms with Gasteiger partial charge >= 0.3 is 0 Å². The van der Waals surface area contributed by atoms with E-state index in [2.05, 4.69) is 15.3 Å². The zero-order valence-electron chi connectivity index (χ0n) is 12.6. The molecular weight excluding hydrogens is 337 g/mol. The number of aromatic nitrogens is 2. The second-order valence-electron chi connectivity index (χ2n) is 4.46. The van der Waals surface area contributed by atoms with Crippen molar-refractivity contribution in [2.75, 3.05) is 19.5 Å². The number of rotatable bonds is 4. The van der Waals surface area contributed by atoms with Gasteiger partial charge in [0.15, 0.2) is 0 Å². The Hall–Kier alpha value is -2.24. The van der Waals surface area contributed by atoms with Crippen LogP contribution in [-0.4, -0.2) is 24.2 Å². The molecule has 1 N–H and O–H groups in total. The number of hydrogen-bond acceptors (Lipinski definition) is 5. The Balaban J connectivity index is 0.00000132. The Bertz CT molecular complexity index is 767. The number of fused-ring (bicyclic) bond motifs is 1. The third-order valence-corrected chi connectivity index (χ3v) is 3.20. The Kier molecular flexibility index (Phi) is 6.88. The van der Waals surface area contributed by atoms with E-state index in [9.17, 15) is 0 Å². The average molecular weight is 354 g/mol. The summed E-state index contributed by atoms with van der Waals surface area (Å²) in [5.74, 6) is 2.33. The third kappa shape index (κ3) is 4.15. The second-order valence-corrected chi connectivity index (χ2v) is 4.46. The zero-order chi connectivity index (χ0) is 14.7. The molecule has 3 aromatic rings. The van der Waals surface area contributed by atoms with Crippen molar-refractivity contribution in [3.8, 4) is 11.5 Å². The van der Waals surface area contributed by atoms with Crippen LogP contribution in [0.15, 0.2) is 48.8 Å². The molecule has 1 heterocycles. The maximum Gasteiger partial charge on any atom is 0.141 e. The largest absolute Gasteiger partial charge is 0.497 e. The van der Waals surface area contributed by atoms with Gasteiger partial charge in [-0.1, -0.05) is 0 Å². The highest BCUT2D eigenvalue weighted by molar-refractivity contribution is 5.91. The SMILES string of the molecule is COc1ccc(Nc2ncnc3ccc(OC)cc23)cc1.Cl.Cl. The molecule has 23 heavy (non-hydrogen) atoms. The molecule has 0 unspecified atom stereocenters. The maximum atomic E-state index is 5.26. The second kappa shape index (κ2) is 8.41. The van der Waals surface area contributed by atoms with E-state index in [0.717, 1.165) is 33.9 Å². The first kappa shape index (κ1) is 18.8. The van der Waals surface area contributed by atoms with Crippen LogP contribution in [0.2, 0.25) is 0 Å². The number of methoxy groups -OCH3 is 2. The van der Waals surface area contributed by atoms with Crippen LogP contribution in [0.25, 0.3) is 10.9 Å². The Morgan fingerprint density at radius 2 is 1.48 bits per heavy atom. The van der Waals surface area contributed by atoms with Crippen LogP contribution in [0, 0.1) is 0 Å². The van der Waals surface area contributed by atoms with Crippen LogP contribution < -0.4 is 14.8 Å². The highest BCUT2D eigenvalue weighted by atomic mass is 35.5. The lowest BCUT2D eigenvalue weighted by atomic mass is 10.2. The molecule has 0 aliphatic rings. The zero-order valence-corrected chi connectivity index (χ0v) is 14.3. The topological polar surface area (TPSA) is 56.3 Å². The van der Waals surface area contributed by atoms with Gasteiger partial charge in [-0.2, -0.15) is 0 Å². The molecule has 7 heteroatoms. The van der Waals surface area contributed by atoms with Crippen molar-refractivity contribution in [1.29, 1.82) is 0 Å².